The molecule has 0 rings (SSSR count). The predicted molar refractivity (Wildman–Crippen MR) is 46.4 cm³/mol. The van der Waals surface area contributed by atoms with E-state index in [-0.39, 0.29) is 0 Å². The molecule has 0 aliphatic rings. The zero-order chi connectivity index (χ0) is 7.98. The molecule has 0 saturated carbocycles. The van der Waals surface area contributed by atoms with E-state index < -0.39 is 0 Å². The molecule has 0 amide bonds. The second kappa shape index (κ2) is 5.35. The van der Waals surface area contributed by atoms with Crippen LogP contribution in [-0.4, -0.2) is 0 Å². The Labute approximate surface area is 65.0 Å². The topological polar surface area (TPSA) is 0 Å². The van der Waals surface area contributed by atoms with E-state index >= 15 is 0 Å². The minimum Gasteiger partial charge on any atom is -0.120 e. The Kier molecular flexibility index (Phi) is 5.12. The monoisotopic (exact) mass is 137 g/mol. The van der Waals surface area contributed by atoms with Crippen molar-refractivity contribution in [3.05, 3.63) is 6.92 Å². The first-order valence-electron chi connectivity index (χ1n) is 3.93. The van der Waals surface area contributed by atoms with Crippen molar-refractivity contribution in [2.75, 3.05) is 0 Å². The highest BCUT2D eigenvalue weighted by Crippen LogP contribution is 2.13. The molecule has 1 radical (unpaired) electrons. The van der Waals surface area contributed by atoms with E-state index in [1.54, 1.807) is 0 Å². The van der Waals surface area contributed by atoms with Gasteiger partial charge in [-0.1, -0.05) is 27.2 Å². The lowest BCUT2D eigenvalue weighted by molar-refractivity contribution is 0.478. The van der Waals surface area contributed by atoms with E-state index in [4.69, 9.17) is 6.42 Å². The highest BCUT2D eigenvalue weighted by Gasteiger charge is 2.00. The van der Waals surface area contributed by atoms with Gasteiger partial charge in [0.25, 0.3) is 0 Å². The van der Waals surface area contributed by atoms with Crippen molar-refractivity contribution >= 4 is 0 Å². The van der Waals surface area contributed by atoms with Crippen LogP contribution in [0, 0.1) is 31.1 Å². The van der Waals surface area contributed by atoms with Crippen molar-refractivity contribution in [1.29, 1.82) is 0 Å². The Hall–Kier alpha value is -0.440. The molecule has 0 saturated heterocycles. The van der Waals surface area contributed by atoms with Gasteiger partial charge in [0.15, 0.2) is 0 Å². The van der Waals surface area contributed by atoms with Gasteiger partial charge in [-0.15, -0.1) is 12.3 Å². The van der Waals surface area contributed by atoms with Crippen molar-refractivity contribution in [2.45, 2.75) is 33.1 Å². The van der Waals surface area contributed by atoms with Crippen molar-refractivity contribution < 1.29 is 0 Å². The number of rotatable bonds is 4. The van der Waals surface area contributed by atoms with Gasteiger partial charge >= 0.3 is 0 Å². The second-order valence-electron chi connectivity index (χ2n) is 3.20. The molecule has 0 aromatic carbocycles. The van der Waals surface area contributed by atoms with Crippen LogP contribution in [0.4, 0.5) is 0 Å². The minimum atomic E-state index is 0.570. The summed E-state index contributed by atoms with van der Waals surface area (Å²) in [6, 6.07) is 0. The Morgan fingerprint density at radius 1 is 1.40 bits per heavy atom. The smallest absolute Gasteiger partial charge is 0.0112 e. The zero-order valence-corrected chi connectivity index (χ0v) is 7.06. The van der Waals surface area contributed by atoms with E-state index in [1.807, 2.05) is 0 Å². The standard InChI is InChI=1S/C10H17/c1-5-6-10(4)8-7-9(2)3/h1,9-10H,2,6-8H2,3-4H3. The summed E-state index contributed by atoms with van der Waals surface area (Å²) < 4.78 is 0. The highest BCUT2D eigenvalue weighted by molar-refractivity contribution is 4.85. The quantitative estimate of drug-likeness (QED) is 0.523. The maximum atomic E-state index is 5.17. The van der Waals surface area contributed by atoms with Crippen LogP contribution in [0.1, 0.15) is 33.1 Å². The normalized spacial score (nSPS) is 13.1. The lowest BCUT2D eigenvalue weighted by Gasteiger charge is -2.08. The number of terminal acetylenes is 1. The summed E-state index contributed by atoms with van der Waals surface area (Å²) in [5.41, 5.74) is 0. The molecule has 0 nitrogen and oxygen atoms in total. The predicted octanol–water partition coefficient (Wildman–Crippen LogP) is 2.90. The largest absolute Gasteiger partial charge is 0.120 e. The van der Waals surface area contributed by atoms with Gasteiger partial charge in [0.05, 0.1) is 0 Å². The first-order chi connectivity index (χ1) is 4.66. The van der Waals surface area contributed by atoms with Crippen LogP contribution in [-0.2, 0) is 0 Å². The van der Waals surface area contributed by atoms with E-state index in [0.717, 1.165) is 6.42 Å². The summed E-state index contributed by atoms with van der Waals surface area (Å²) >= 11 is 0. The van der Waals surface area contributed by atoms with Gasteiger partial charge in [-0.25, -0.2) is 0 Å². The average Bonchev–Trinajstić information content (AvgIpc) is 1.85. The summed E-state index contributed by atoms with van der Waals surface area (Å²) in [6.07, 6.45) is 8.49. The van der Waals surface area contributed by atoms with Crippen LogP contribution in [0.5, 0.6) is 0 Å². The Balaban J connectivity index is 3.23. The van der Waals surface area contributed by atoms with E-state index in [9.17, 15) is 0 Å². The highest BCUT2D eigenvalue weighted by atomic mass is 14.1. The fourth-order valence-electron chi connectivity index (χ4n) is 0.872. The third-order valence-corrected chi connectivity index (χ3v) is 1.62. The van der Waals surface area contributed by atoms with Crippen molar-refractivity contribution in [1.82, 2.24) is 0 Å². The van der Waals surface area contributed by atoms with E-state index in [0.29, 0.717) is 11.8 Å². The van der Waals surface area contributed by atoms with Crippen LogP contribution < -0.4 is 0 Å². The molecule has 0 fully saturated rings. The first-order valence-corrected chi connectivity index (χ1v) is 3.93. The van der Waals surface area contributed by atoms with Gasteiger partial charge in [-0.05, 0) is 18.3 Å². The molecule has 0 heteroatoms. The van der Waals surface area contributed by atoms with Gasteiger partial charge in [-0.2, -0.15) is 0 Å². The number of hydrogen-bond donors (Lipinski definition) is 0. The van der Waals surface area contributed by atoms with Gasteiger partial charge in [0, 0.05) is 6.42 Å². The molecule has 0 spiro atoms. The lowest BCUT2D eigenvalue weighted by Crippen LogP contribution is -1.96. The van der Waals surface area contributed by atoms with Crippen molar-refractivity contribution in [3.8, 4) is 12.3 Å². The van der Waals surface area contributed by atoms with Gasteiger partial charge < -0.3 is 0 Å². The molecule has 0 heterocycles. The maximum absolute atomic E-state index is 5.17. The molecule has 0 aromatic heterocycles. The molecule has 0 aliphatic carbocycles. The van der Waals surface area contributed by atoms with Gasteiger partial charge in [-0.3, -0.25) is 0 Å². The van der Waals surface area contributed by atoms with Crippen LogP contribution in [0.3, 0.4) is 0 Å². The van der Waals surface area contributed by atoms with Crippen molar-refractivity contribution in [2.24, 2.45) is 11.8 Å². The summed E-state index contributed by atoms with van der Waals surface area (Å²) in [5, 5.41) is 0. The Bertz CT molecular complexity index is 106. The van der Waals surface area contributed by atoms with E-state index in [2.05, 4.69) is 26.7 Å². The molecule has 2 unspecified atom stereocenters. The van der Waals surface area contributed by atoms with Crippen LogP contribution >= 0.6 is 0 Å². The zero-order valence-electron chi connectivity index (χ0n) is 7.06. The molecule has 10 heavy (non-hydrogen) atoms. The first kappa shape index (κ1) is 9.56. The third kappa shape index (κ3) is 5.69. The third-order valence-electron chi connectivity index (χ3n) is 1.62. The molecular weight excluding hydrogens is 120 g/mol. The maximum Gasteiger partial charge on any atom is 0.0112 e. The van der Waals surface area contributed by atoms with Gasteiger partial charge in [0.1, 0.15) is 0 Å². The summed E-state index contributed by atoms with van der Waals surface area (Å²) in [5.74, 6) is 3.92. The average molecular weight is 137 g/mol. The summed E-state index contributed by atoms with van der Waals surface area (Å²) in [7, 11) is 0. The SMILES string of the molecule is C#CCC(C)CCC([CH2])C. The molecular formula is C10H17. The molecule has 2 atom stereocenters. The summed E-state index contributed by atoms with van der Waals surface area (Å²) in [6.45, 7) is 8.26. The fraction of sp³-hybridized carbons (Fsp3) is 0.700. The fourth-order valence-corrected chi connectivity index (χ4v) is 0.872. The van der Waals surface area contributed by atoms with Crippen molar-refractivity contribution in [3.63, 3.8) is 0 Å². The molecule has 0 aromatic rings. The van der Waals surface area contributed by atoms with Gasteiger partial charge in [0.2, 0.25) is 0 Å². The van der Waals surface area contributed by atoms with Crippen LogP contribution in [0.2, 0.25) is 0 Å². The Morgan fingerprint density at radius 3 is 2.40 bits per heavy atom. The van der Waals surface area contributed by atoms with Crippen LogP contribution in [0.25, 0.3) is 0 Å². The number of hydrogen-bond acceptors (Lipinski definition) is 0. The Morgan fingerprint density at radius 2 is 2.00 bits per heavy atom. The molecule has 0 aliphatic heterocycles. The second-order valence-corrected chi connectivity index (χ2v) is 3.20. The molecule has 0 bridgehead atoms. The molecule has 57 valence electrons. The van der Waals surface area contributed by atoms with Crippen LogP contribution in [0.15, 0.2) is 0 Å². The summed E-state index contributed by atoms with van der Waals surface area (Å²) in [4.78, 5) is 0. The lowest BCUT2D eigenvalue weighted by atomic mass is 9.97. The minimum absolute atomic E-state index is 0.570. The van der Waals surface area contributed by atoms with E-state index in [1.165, 1.54) is 12.8 Å². The molecule has 0 N–H and O–H groups in total.